The van der Waals surface area contributed by atoms with E-state index in [-0.39, 0.29) is 17.0 Å². The zero-order chi connectivity index (χ0) is 17.1. The number of rotatable bonds is 4. The number of benzene rings is 3. The van der Waals surface area contributed by atoms with Gasteiger partial charge in [0.25, 0.3) is 5.69 Å². The Labute approximate surface area is 137 Å². The van der Waals surface area contributed by atoms with E-state index >= 15 is 0 Å². The van der Waals surface area contributed by atoms with Crippen LogP contribution in [0.5, 0.6) is 17.2 Å². The first-order valence-corrected chi connectivity index (χ1v) is 7.05. The number of fused-ring (bicyclic) bond motifs is 1. The van der Waals surface area contributed by atoms with Crippen molar-refractivity contribution in [1.29, 1.82) is 5.26 Å². The lowest BCUT2D eigenvalue weighted by Crippen LogP contribution is -1.92. The van der Waals surface area contributed by atoms with Crippen molar-refractivity contribution in [3.63, 3.8) is 0 Å². The highest BCUT2D eigenvalue weighted by molar-refractivity contribution is 5.85. The number of nitro benzene ring substituents is 1. The summed E-state index contributed by atoms with van der Waals surface area (Å²) in [6, 6.07) is 17.0. The molecule has 0 fully saturated rings. The second-order valence-electron chi connectivity index (χ2n) is 5.03. The van der Waals surface area contributed by atoms with Crippen molar-refractivity contribution in [1.82, 2.24) is 0 Å². The topological polar surface area (TPSA) is 85.4 Å². The standard InChI is InChI=1S/C18H12N2O4/c1-23-16-5-2-12-3-6-17(10-13(12)9-16)24-18-7-4-15(20(21)22)8-14(18)11-19/h2-10H,1H3. The monoisotopic (exact) mass is 320 g/mol. The second kappa shape index (κ2) is 6.26. The Balaban J connectivity index is 1.97. The average molecular weight is 320 g/mol. The molecule has 0 bridgehead atoms. The molecule has 0 N–H and O–H groups in total. The van der Waals surface area contributed by atoms with E-state index < -0.39 is 4.92 Å². The quantitative estimate of drug-likeness (QED) is 0.524. The minimum atomic E-state index is -0.549. The highest BCUT2D eigenvalue weighted by atomic mass is 16.6. The number of nitriles is 1. The summed E-state index contributed by atoms with van der Waals surface area (Å²) < 4.78 is 10.9. The van der Waals surface area contributed by atoms with Crippen LogP contribution in [-0.4, -0.2) is 12.0 Å². The molecule has 24 heavy (non-hydrogen) atoms. The maximum atomic E-state index is 10.8. The Bertz CT molecular complexity index is 976. The van der Waals surface area contributed by atoms with Crippen molar-refractivity contribution >= 4 is 16.5 Å². The average Bonchev–Trinajstić information content (AvgIpc) is 2.61. The zero-order valence-corrected chi connectivity index (χ0v) is 12.7. The van der Waals surface area contributed by atoms with Gasteiger partial charge in [0.05, 0.1) is 12.0 Å². The molecule has 0 aliphatic rings. The predicted molar refractivity (Wildman–Crippen MR) is 88.4 cm³/mol. The van der Waals surface area contributed by atoms with Gasteiger partial charge in [-0.2, -0.15) is 5.26 Å². The molecule has 3 aromatic carbocycles. The van der Waals surface area contributed by atoms with E-state index in [1.54, 1.807) is 13.2 Å². The number of hydrogen-bond donors (Lipinski definition) is 0. The summed E-state index contributed by atoms with van der Waals surface area (Å²) in [7, 11) is 1.59. The summed E-state index contributed by atoms with van der Waals surface area (Å²) >= 11 is 0. The molecule has 0 amide bonds. The number of nitrogens with zero attached hydrogens (tertiary/aromatic N) is 2. The van der Waals surface area contributed by atoms with E-state index in [4.69, 9.17) is 9.47 Å². The molecule has 6 heteroatoms. The summed E-state index contributed by atoms with van der Waals surface area (Å²) in [5, 5.41) is 21.9. The lowest BCUT2D eigenvalue weighted by atomic mass is 10.1. The fourth-order valence-electron chi connectivity index (χ4n) is 2.33. The number of nitro groups is 1. The lowest BCUT2D eigenvalue weighted by Gasteiger charge is -2.09. The minimum absolute atomic E-state index is 0.106. The first-order chi connectivity index (χ1) is 11.6. The maximum Gasteiger partial charge on any atom is 0.271 e. The summed E-state index contributed by atoms with van der Waals surface area (Å²) in [5.74, 6) is 1.53. The first-order valence-electron chi connectivity index (χ1n) is 7.05. The molecule has 0 aliphatic carbocycles. The summed E-state index contributed by atoms with van der Waals surface area (Å²) in [5.41, 5.74) is -0.0444. The van der Waals surface area contributed by atoms with Gasteiger partial charge in [-0.25, -0.2) is 0 Å². The van der Waals surface area contributed by atoms with Gasteiger partial charge in [0.15, 0.2) is 0 Å². The Kier molecular flexibility index (Phi) is 4.00. The van der Waals surface area contributed by atoms with E-state index in [1.165, 1.54) is 18.2 Å². The van der Waals surface area contributed by atoms with Crippen LogP contribution < -0.4 is 9.47 Å². The summed E-state index contributed by atoms with van der Waals surface area (Å²) in [4.78, 5) is 10.2. The van der Waals surface area contributed by atoms with Crippen LogP contribution in [0.1, 0.15) is 5.56 Å². The lowest BCUT2D eigenvalue weighted by molar-refractivity contribution is -0.384. The Hall–Kier alpha value is -3.59. The van der Waals surface area contributed by atoms with Gasteiger partial charge in [0, 0.05) is 12.1 Å². The molecular formula is C18H12N2O4. The van der Waals surface area contributed by atoms with Crippen LogP contribution >= 0.6 is 0 Å². The number of ether oxygens (including phenoxy) is 2. The van der Waals surface area contributed by atoms with Crippen LogP contribution in [0.2, 0.25) is 0 Å². The second-order valence-corrected chi connectivity index (χ2v) is 5.03. The third-order valence-electron chi connectivity index (χ3n) is 3.54. The van der Waals surface area contributed by atoms with Crippen molar-refractivity contribution in [3.8, 4) is 23.3 Å². The Morgan fingerprint density at radius 1 is 1.00 bits per heavy atom. The third-order valence-corrected chi connectivity index (χ3v) is 3.54. The molecule has 0 saturated heterocycles. The van der Waals surface area contributed by atoms with Crippen molar-refractivity contribution in [2.24, 2.45) is 0 Å². The van der Waals surface area contributed by atoms with Gasteiger partial charge in [0.2, 0.25) is 0 Å². The third kappa shape index (κ3) is 2.96. The highest BCUT2D eigenvalue weighted by Gasteiger charge is 2.12. The first kappa shape index (κ1) is 15.3. The van der Waals surface area contributed by atoms with E-state index in [2.05, 4.69) is 0 Å². The molecule has 0 unspecified atom stereocenters. The van der Waals surface area contributed by atoms with Gasteiger partial charge < -0.3 is 9.47 Å². The van der Waals surface area contributed by atoms with E-state index in [0.717, 1.165) is 16.5 Å². The Morgan fingerprint density at radius 2 is 1.71 bits per heavy atom. The van der Waals surface area contributed by atoms with Crippen LogP contribution in [0.25, 0.3) is 10.8 Å². The van der Waals surface area contributed by atoms with Gasteiger partial charge in [-0.3, -0.25) is 10.1 Å². The van der Waals surface area contributed by atoms with E-state index in [1.807, 2.05) is 36.4 Å². The fraction of sp³-hybridized carbons (Fsp3) is 0.0556. The van der Waals surface area contributed by atoms with Crippen molar-refractivity contribution in [2.45, 2.75) is 0 Å². The number of methoxy groups -OCH3 is 1. The number of hydrogen-bond acceptors (Lipinski definition) is 5. The van der Waals surface area contributed by atoms with E-state index in [9.17, 15) is 15.4 Å². The van der Waals surface area contributed by atoms with Crippen molar-refractivity contribution in [2.75, 3.05) is 7.11 Å². The zero-order valence-electron chi connectivity index (χ0n) is 12.7. The molecule has 0 heterocycles. The molecule has 0 spiro atoms. The van der Waals surface area contributed by atoms with Crippen LogP contribution in [0.15, 0.2) is 54.6 Å². The van der Waals surface area contributed by atoms with Gasteiger partial charge in [-0.05, 0) is 41.1 Å². The van der Waals surface area contributed by atoms with Crippen LogP contribution in [0.4, 0.5) is 5.69 Å². The SMILES string of the molecule is COc1ccc2ccc(Oc3ccc([N+](=O)[O-])cc3C#N)cc2c1. The van der Waals surface area contributed by atoms with Crippen molar-refractivity contribution < 1.29 is 14.4 Å². The van der Waals surface area contributed by atoms with Crippen molar-refractivity contribution in [3.05, 3.63) is 70.3 Å². The Morgan fingerprint density at radius 3 is 2.38 bits per heavy atom. The fourth-order valence-corrected chi connectivity index (χ4v) is 2.33. The molecule has 3 rings (SSSR count). The highest BCUT2D eigenvalue weighted by Crippen LogP contribution is 2.31. The van der Waals surface area contributed by atoms with Gasteiger partial charge in [-0.15, -0.1) is 0 Å². The molecule has 0 aromatic heterocycles. The van der Waals surface area contributed by atoms with Gasteiger partial charge in [-0.1, -0.05) is 12.1 Å². The largest absolute Gasteiger partial charge is 0.497 e. The van der Waals surface area contributed by atoms with E-state index in [0.29, 0.717) is 5.75 Å². The maximum absolute atomic E-state index is 10.8. The molecule has 0 radical (unpaired) electrons. The smallest absolute Gasteiger partial charge is 0.271 e. The summed E-state index contributed by atoms with van der Waals surface area (Å²) in [6.45, 7) is 0. The molecule has 6 nitrogen and oxygen atoms in total. The van der Waals surface area contributed by atoms with Gasteiger partial charge in [0.1, 0.15) is 28.9 Å². The molecular weight excluding hydrogens is 308 g/mol. The van der Waals surface area contributed by atoms with Crippen LogP contribution in [-0.2, 0) is 0 Å². The molecule has 118 valence electrons. The molecule has 0 saturated carbocycles. The van der Waals surface area contributed by atoms with Gasteiger partial charge >= 0.3 is 0 Å². The molecule has 3 aromatic rings. The molecule has 0 aliphatic heterocycles. The van der Waals surface area contributed by atoms with Crippen LogP contribution in [0, 0.1) is 21.4 Å². The van der Waals surface area contributed by atoms with Crippen LogP contribution in [0.3, 0.4) is 0 Å². The normalized spacial score (nSPS) is 10.2. The predicted octanol–water partition coefficient (Wildman–Crippen LogP) is 4.42. The molecule has 0 atom stereocenters. The minimum Gasteiger partial charge on any atom is -0.497 e. The summed E-state index contributed by atoms with van der Waals surface area (Å²) in [6.07, 6.45) is 0. The number of non-ortho nitro benzene ring substituents is 1.